The number of anilines is 1. The van der Waals surface area contributed by atoms with Crippen molar-refractivity contribution in [3.63, 3.8) is 0 Å². The van der Waals surface area contributed by atoms with E-state index in [0.717, 1.165) is 12.5 Å². The molecule has 0 spiro atoms. The van der Waals surface area contributed by atoms with Crippen LogP contribution < -0.4 is 5.32 Å². The molecule has 0 aliphatic rings. The molecule has 0 bridgehead atoms. The molecule has 0 aromatic carbocycles. The Kier molecular flexibility index (Phi) is 3.62. The third-order valence-electron chi connectivity index (χ3n) is 3.37. The fourth-order valence-corrected chi connectivity index (χ4v) is 1.64. The molecule has 2 heterocycles. The quantitative estimate of drug-likeness (QED) is 0.933. The van der Waals surface area contributed by atoms with Crippen LogP contribution in [0.25, 0.3) is 5.52 Å². The predicted molar refractivity (Wildman–Crippen MR) is 70.6 cm³/mol. The highest BCUT2D eigenvalue weighted by Crippen LogP contribution is 2.30. The van der Waals surface area contributed by atoms with E-state index < -0.39 is 11.9 Å². The maximum absolute atomic E-state index is 12.7. The van der Waals surface area contributed by atoms with Gasteiger partial charge in [0.25, 0.3) is 0 Å². The molecular formula is C13H17F3N4. The zero-order valence-electron chi connectivity index (χ0n) is 11.6. The highest BCUT2D eigenvalue weighted by Gasteiger charge is 2.34. The summed E-state index contributed by atoms with van der Waals surface area (Å²) in [7, 11) is 0. The van der Waals surface area contributed by atoms with Crippen LogP contribution in [0.2, 0.25) is 0 Å². The predicted octanol–water partition coefficient (Wildman–Crippen LogP) is 3.60. The lowest BCUT2D eigenvalue weighted by atomic mass is 9.90. The van der Waals surface area contributed by atoms with Crippen molar-refractivity contribution in [1.82, 2.24) is 14.6 Å². The van der Waals surface area contributed by atoms with Crippen molar-refractivity contribution in [2.75, 3.05) is 11.9 Å². The molecule has 4 nitrogen and oxygen atoms in total. The zero-order chi connectivity index (χ0) is 15.0. The average Bonchev–Trinajstić information content (AvgIpc) is 2.80. The van der Waals surface area contributed by atoms with E-state index in [2.05, 4.69) is 36.2 Å². The molecule has 2 aromatic rings. The lowest BCUT2D eigenvalue weighted by Gasteiger charge is -2.23. The van der Waals surface area contributed by atoms with Gasteiger partial charge in [-0.15, -0.1) is 0 Å². The normalized spacial score (nSPS) is 12.9. The molecule has 0 aliphatic heterocycles. The monoisotopic (exact) mass is 286 g/mol. The summed E-state index contributed by atoms with van der Waals surface area (Å²) in [5.74, 6) is 0.414. The van der Waals surface area contributed by atoms with Gasteiger partial charge in [-0.05, 0) is 11.8 Å². The largest absolute Gasteiger partial charge is 0.435 e. The van der Waals surface area contributed by atoms with Gasteiger partial charge >= 0.3 is 6.18 Å². The lowest BCUT2D eigenvalue weighted by Crippen LogP contribution is -2.22. The van der Waals surface area contributed by atoms with Crippen molar-refractivity contribution < 1.29 is 13.2 Å². The first-order valence-electron chi connectivity index (χ1n) is 6.38. The summed E-state index contributed by atoms with van der Waals surface area (Å²) in [6, 6.07) is 1.01. The van der Waals surface area contributed by atoms with E-state index in [1.54, 1.807) is 0 Å². The van der Waals surface area contributed by atoms with Gasteiger partial charge in [0, 0.05) is 25.0 Å². The number of halogens is 3. The van der Waals surface area contributed by atoms with Crippen molar-refractivity contribution >= 4 is 11.3 Å². The van der Waals surface area contributed by atoms with Crippen LogP contribution in [0, 0.1) is 5.41 Å². The van der Waals surface area contributed by atoms with Crippen LogP contribution in [0.5, 0.6) is 0 Å². The fourth-order valence-electron chi connectivity index (χ4n) is 1.64. The smallest absolute Gasteiger partial charge is 0.368 e. The Hall–Kier alpha value is -1.79. The molecule has 0 fully saturated rings. The van der Waals surface area contributed by atoms with Crippen molar-refractivity contribution in [2.45, 2.75) is 33.4 Å². The Labute approximate surface area is 115 Å². The molecule has 2 aromatic heterocycles. The molecule has 1 N–H and O–H groups in total. The maximum Gasteiger partial charge on any atom is 0.435 e. The van der Waals surface area contributed by atoms with Crippen LogP contribution in [0.3, 0.4) is 0 Å². The number of nitrogens with one attached hydrogen (secondary N) is 1. The SMILES string of the molecule is CCC(C)(C)CNc1nccn2nc(C(F)(F)F)cc12. The summed E-state index contributed by atoms with van der Waals surface area (Å²) in [6.07, 6.45) is -0.662. The molecule has 0 amide bonds. The van der Waals surface area contributed by atoms with Crippen LogP contribution in [0.4, 0.5) is 19.0 Å². The molecule has 0 saturated heterocycles. The number of hydrogen-bond acceptors (Lipinski definition) is 3. The fraction of sp³-hybridized carbons (Fsp3) is 0.538. The number of alkyl halides is 3. The summed E-state index contributed by atoms with van der Waals surface area (Å²) in [5.41, 5.74) is -0.545. The molecule has 110 valence electrons. The molecule has 0 aliphatic carbocycles. The average molecular weight is 286 g/mol. The molecule has 20 heavy (non-hydrogen) atoms. The second kappa shape index (κ2) is 4.96. The summed E-state index contributed by atoms with van der Waals surface area (Å²) < 4.78 is 39.2. The van der Waals surface area contributed by atoms with Crippen molar-refractivity contribution in [3.05, 3.63) is 24.2 Å². The standard InChI is InChI=1S/C13H17F3N4/c1-4-12(2,3)8-18-11-9-7-10(13(14,15)16)19-20(9)6-5-17-11/h5-7H,4,8H2,1-3H3,(H,17,18). The van der Waals surface area contributed by atoms with Gasteiger partial charge in [-0.2, -0.15) is 18.3 Å². The summed E-state index contributed by atoms with van der Waals surface area (Å²) >= 11 is 0. The molecule has 0 radical (unpaired) electrons. The third kappa shape index (κ3) is 3.02. The van der Waals surface area contributed by atoms with Gasteiger partial charge in [-0.3, -0.25) is 0 Å². The van der Waals surface area contributed by atoms with E-state index in [9.17, 15) is 13.2 Å². The van der Waals surface area contributed by atoms with Gasteiger partial charge in [0.05, 0.1) is 0 Å². The maximum atomic E-state index is 12.7. The number of fused-ring (bicyclic) bond motifs is 1. The molecular weight excluding hydrogens is 269 g/mol. The second-order valence-electron chi connectivity index (χ2n) is 5.50. The number of nitrogens with zero attached hydrogens (tertiary/aromatic N) is 3. The summed E-state index contributed by atoms with van der Waals surface area (Å²) in [6.45, 7) is 6.86. The molecule has 0 unspecified atom stereocenters. The first-order chi connectivity index (χ1) is 9.23. The zero-order valence-corrected chi connectivity index (χ0v) is 11.6. The molecule has 0 saturated carbocycles. The van der Waals surface area contributed by atoms with Gasteiger partial charge < -0.3 is 5.32 Å². The van der Waals surface area contributed by atoms with Gasteiger partial charge in [0.15, 0.2) is 11.5 Å². The van der Waals surface area contributed by atoms with E-state index in [1.165, 1.54) is 16.9 Å². The Morgan fingerprint density at radius 1 is 1.30 bits per heavy atom. The van der Waals surface area contributed by atoms with Gasteiger partial charge in [-0.1, -0.05) is 20.8 Å². The van der Waals surface area contributed by atoms with Gasteiger partial charge in [0.2, 0.25) is 0 Å². The Morgan fingerprint density at radius 3 is 2.60 bits per heavy atom. The Morgan fingerprint density at radius 2 is 2.00 bits per heavy atom. The van der Waals surface area contributed by atoms with Gasteiger partial charge in [-0.25, -0.2) is 9.50 Å². The number of aromatic nitrogens is 3. The van der Waals surface area contributed by atoms with Crippen molar-refractivity contribution in [3.8, 4) is 0 Å². The first kappa shape index (κ1) is 14.6. The minimum absolute atomic E-state index is 0.0430. The molecule has 0 atom stereocenters. The van der Waals surface area contributed by atoms with Crippen molar-refractivity contribution in [1.29, 1.82) is 0 Å². The van der Waals surface area contributed by atoms with Crippen LogP contribution in [-0.2, 0) is 6.18 Å². The van der Waals surface area contributed by atoms with E-state index in [0.29, 0.717) is 17.9 Å². The Balaban J connectivity index is 2.32. The van der Waals surface area contributed by atoms with Crippen molar-refractivity contribution in [2.24, 2.45) is 5.41 Å². The van der Waals surface area contributed by atoms with E-state index in [-0.39, 0.29) is 5.41 Å². The summed E-state index contributed by atoms with van der Waals surface area (Å²) in [4.78, 5) is 4.10. The van der Waals surface area contributed by atoms with Crippen LogP contribution in [-0.4, -0.2) is 21.1 Å². The topological polar surface area (TPSA) is 42.2 Å². The summed E-state index contributed by atoms with van der Waals surface area (Å²) in [5, 5.41) is 6.63. The van der Waals surface area contributed by atoms with Crippen LogP contribution >= 0.6 is 0 Å². The van der Waals surface area contributed by atoms with E-state index in [4.69, 9.17) is 0 Å². The molecule has 7 heteroatoms. The molecule has 2 rings (SSSR count). The third-order valence-corrected chi connectivity index (χ3v) is 3.37. The second-order valence-corrected chi connectivity index (χ2v) is 5.50. The van der Waals surface area contributed by atoms with Gasteiger partial charge in [0.1, 0.15) is 5.52 Å². The number of hydrogen-bond donors (Lipinski definition) is 1. The van der Waals surface area contributed by atoms with Crippen LogP contribution in [0.1, 0.15) is 32.9 Å². The minimum Gasteiger partial charge on any atom is -0.368 e. The minimum atomic E-state index is -4.45. The van der Waals surface area contributed by atoms with Crippen LogP contribution in [0.15, 0.2) is 18.5 Å². The van der Waals surface area contributed by atoms with E-state index in [1.807, 2.05) is 0 Å². The van der Waals surface area contributed by atoms with E-state index >= 15 is 0 Å². The highest BCUT2D eigenvalue weighted by molar-refractivity contribution is 5.67. The number of rotatable bonds is 4. The lowest BCUT2D eigenvalue weighted by molar-refractivity contribution is -0.141. The Bertz CT molecular complexity index is 601. The first-order valence-corrected chi connectivity index (χ1v) is 6.38. The highest BCUT2D eigenvalue weighted by atomic mass is 19.4.